The molecule has 3 N–H and O–H groups in total. The summed E-state index contributed by atoms with van der Waals surface area (Å²) < 4.78 is 0. The van der Waals surface area contributed by atoms with Crippen LogP contribution >= 0.6 is 0 Å². The quantitative estimate of drug-likeness (QED) is 0.534. The van der Waals surface area contributed by atoms with Crippen molar-refractivity contribution in [3.63, 3.8) is 0 Å². The van der Waals surface area contributed by atoms with E-state index in [0.29, 0.717) is 0 Å². The third-order valence-electron chi connectivity index (χ3n) is 3.22. The molecule has 0 radical (unpaired) electrons. The lowest BCUT2D eigenvalue weighted by molar-refractivity contribution is 0.302. The molecule has 0 heterocycles. The lowest BCUT2D eigenvalue weighted by Gasteiger charge is -2.33. The van der Waals surface area contributed by atoms with Gasteiger partial charge in [-0.1, -0.05) is 37.8 Å². The average molecular weight is 196 g/mol. The Kier molecular flexibility index (Phi) is 4.63. The predicted molar refractivity (Wildman–Crippen MR) is 62.3 cm³/mol. The summed E-state index contributed by atoms with van der Waals surface area (Å²) in [4.78, 5) is 0. The molecule has 0 amide bonds. The molecule has 2 nitrogen and oxygen atoms in total. The van der Waals surface area contributed by atoms with Gasteiger partial charge < -0.3 is 11.1 Å². The number of hydrogen-bond donors (Lipinski definition) is 2. The number of hydrogen-bond acceptors (Lipinski definition) is 2. The Labute approximate surface area is 87.9 Å². The van der Waals surface area contributed by atoms with E-state index in [0.717, 1.165) is 13.1 Å². The predicted octanol–water partition coefficient (Wildman–Crippen LogP) is 2.20. The van der Waals surface area contributed by atoms with Crippen LogP contribution in [0.3, 0.4) is 0 Å². The van der Waals surface area contributed by atoms with Crippen LogP contribution in [0.4, 0.5) is 0 Å². The molecule has 0 aromatic rings. The minimum absolute atomic E-state index is 0.204. The Hall–Kier alpha value is -0.340. The van der Waals surface area contributed by atoms with Gasteiger partial charge in [-0.3, -0.25) is 0 Å². The normalized spacial score (nSPS) is 21.6. The molecule has 2 heteroatoms. The highest BCUT2D eigenvalue weighted by Gasteiger charge is 2.28. The van der Waals surface area contributed by atoms with Crippen LogP contribution in [-0.4, -0.2) is 18.6 Å². The highest BCUT2D eigenvalue weighted by Crippen LogP contribution is 2.26. The first-order valence-corrected chi connectivity index (χ1v) is 5.78. The molecule has 1 rings (SSSR count). The summed E-state index contributed by atoms with van der Waals surface area (Å²) in [5.74, 6) is 0. The zero-order valence-corrected chi connectivity index (χ0v) is 9.44. The van der Waals surface area contributed by atoms with Gasteiger partial charge in [-0.25, -0.2) is 0 Å². The van der Waals surface area contributed by atoms with Crippen LogP contribution < -0.4 is 11.1 Å². The molecule has 1 fully saturated rings. The number of rotatable bonds is 4. The number of nitrogens with one attached hydrogen (secondary N) is 1. The zero-order chi connectivity index (χ0) is 10.4. The molecule has 1 aliphatic carbocycles. The van der Waals surface area contributed by atoms with Crippen molar-refractivity contribution in [1.29, 1.82) is 0 Å². The van der Waals surface area contributed by atoms with Crippen molar-refractivity contribution in [2.45, 2.75) is 51.0 Å². The highest BCUT2D eigenvalue weighted by atomic mass is 15.0. The Balaban J connectivity index is 2.49. The fourth-order valence-electron chi connectivity index (χ4n) is 2.20. The fraction of sp³-hybridized carbons (Fsp3) is 0.833. The van der Waals surface area contributed by atoms with Gasteiger partial charge in [0.15, 0.2) is 0 Å². The SMILES string of the molecule is C=C(C)CNC1(CN)CCCCCC1. The van der Waals surface area contributed by atoms with Gasteiger partial charge in [-0.15, -0.1) is 0 Å². The van der Waals surface area contributed by atoms with E-state index in [1.807, 2.05) is 0 Å². The van der Waals surface area contributed by atoms with Crippen molar-refractivity contribution >= 4 is 0 Å². The third kappa shape index (κ3) is 3.43. The first kappa shape index (κ1) is 11.7. The van der Waals surface area contributed by atoms with Crippen LogP contribution in [0.2, 0.25) is 0 Å². The van der Waals surface area contributed by atoms with Crippen molar-refractivity contribution < 1.29 is 0 Å². The van der Waals surface area contributed by atoms with Gasteiger partial charge in [0.2, 0.25) is 0 Å². The van der Waals surface area contributed by atoms with Gasteiger partial charge in [0.1, 0.15) is 0 Å². The zero-order valence-electron chi connectivity index (χ0n) is 9.44. The molecule has 0 spiro atoms. The molecule has 0 atom stereocenters. The molecule has 0 aromatic heterocycles. The van der Waals surface area contributed by atoms with E-state index in [1.54, 1.807) is 0 Å². The molecule has 1 aliphatic rings. The smallest absolute Gasteiger partial charge is 0.0306 e. The lowest BCUT2D eigenvalue weighted by atomic mass is 9.90. The van der Waals surface area contributed by atoms with Gasteiger partial charge in [0.05, 0.1) is 0 Å². The van der Waals surface area contributed by atoms with Crippen LogP contribution in [0.1, 0.15) is 45.4 Å². The van der Waals surface area contributed by atoms with Crippen LogP contribution in [0, 0.1) is 0 Å². The van der Waals surface area contributed by atoms with Crippen LogP contribution in [0.5, 0.6) is 0 Å². The Morgan fingerprint density at radius 2 is 1.86 bits per heavy atom. The summed E-state index contributed by atoms with van der Waals surface area (Å²) in [6.07, 6.45) is 7.85. The Bertz CT molecular complexity index is 179. The van der Waals surface area contributed by atoms with Gasteiger partial charge >= 0.3 is 0 Å². The minimum atomic E-state index is 0.204. The van der Waals surface area contributed by atoms with E-state index in [9.17, 15) is 0 Å². The fourth-order valence-corrected chi connectivity index (χ4v) is 2.20. The highest BCUT2D eigenvalue weighted by molar-refractivity contribution is 4.98. The van der Waals surface area contributed by atoms with E-state index >= 15 is 0 Å². The van der Waals surface area contributed by atoms with Crippen LogP contribution in [0.15, 0.2) is 12.2 Å². The minimum Gasteiger partial charge on any atom is -0.329 e. The largest absolute Gasteiger partial charge is 0.329 e. The Morgan fingerprint density at radius 3 is 2.29 bits per heavy atom. The monoisotopic (exact) mass is 196 g/mol. The molecule has 0 saturated heterocycles. The van der Waals surface area contributed by atoms with Crippen molar-refractivity contribution in [1.82, 2.24) is 5.32 Å². The molecule has 0 aromatic carbocycles. The summed E-state index contributed by atoms with van der Waals surface area (Å²) in [5.41, 5.74) is 7.30. The van der Waals surface area contributed by atoms with Gasteiger partial charge in [0, 0.05) is 18.6 Å². The summed E-state index contributed by atoms with van der Waals surface area (Å²) in [5, 5.41) is 3.60. The first-order valence-electron chi connectivity index (χ1n) is 5.78. The van der Waals surface area contributed by atoms with E-state index < -0.39 is 0 Å². The van der Waals surface area contributed by atoms with Gasteiger partial charge in [-0.05, 0) is 19.8 Å². The summed E-state index contributed by atoms with van der Waals surface area (Å²) in [6.45, 7) is 7.67. The van der Waals surface area contributed by atoms with Gasteiger partial charge in [-0.2, -0.15) is 0 Å². The van der Waals surface area contributed by atoms with Crippen LogP contribution in [0.25, 0.3) is 0 Å². The third-order valence-corrected chi connectivity index (χ3v) is 3.22. The van der Waals surface area contributed by atoms with Crippen molar-refractivity contribution in [2.24, 2.45) is 5.73 Å². The van der Waals surface area contributed by atoms with Crippen molar-refractivity contribution in [3.05, 3.63) is 12.2 Å². The molecule has 82 valence electrons. The molecular formula is C12H24N2. The maximum absolute atomic E-state index is 5.90. The first-order chi connectivity index (χ1) is 6.68. The van der Waals surface area contributed by atoms with E-state index in [2.05, 4.69) is 18.8 Å². The lowest BCUT2D eigenvalue weighted by Crippen LogP contribution is -2.51. The second-order valence-electron chi connectivity index (χ2n) is 4.71. The summed E-state index contributed by atoms with van der Waals surface area (Å²) in [6, 6.07) is 0. The van der Waals surface area contributed by atoms with Gasteiger partial charge in [0.25, 0.3) is 0 Å². The van der Waals surface area contributed by atoms with E-state index in [4.69, 9.17) is 5.73 Å². The molecule has 0 unspecified atom stereocenters. The summed E-state index contributed by atoms with van der Waals surface area (Å²) >= 11 is 0. The second kappa shape index (κ2) is 5.52. The second-order valence-corrected chi connectivity index (χ2v) is 4.71. The van der Waals surface area contributed by atoms with E-state index in [-0.39, 0.29) is 5.54 Å². The van der Waals surface area contributed by atoms with Crippen LogP contribution in [-0.2, 0) is 0 Å². The maximum Gasteiger partial charge on any atom is 0.0306 e. The Morgan fingerprint density at radius 1 is 1.29 bits per heavy atom. The molecule has 0 aliphatic heterocycles. The van der Waals surface area contributed by atoms with Crippen molar-refractivity contribution in [3.8, 4) is 0 Å². The molecule has 0 bridgehead atoms. The van der Waals surface area contributed by atoms with E-state index in [1.165, 1.54) is 44.1 Å². The van der Waals surface area contributed by atoms with Crippen molar-refractivity contribution in [2.75, 3.05) is 13.1 Å². The molecular weight excluding hydrogens is 172 g/mol. The number of nitrogens with two attached hydrogens (primary N) is 1. The standard InChI is InChI=1S/C12H24N2/c1-11(2)9-14-12(10-13)7-5-3-4-6-8-12/h14H,1,3-10,13H2,2H3. The molecule has 1 saturated carbocycles. The maximum atomic E-state index is 5.90. The topological polar surface area (TPSA) is 38.0 Å². The summed E-state index contributed by atoms with van der Waals surface area (Å²) in [7, 11) is 0. The average Bonchev–Trinajstić information content (AvgIpc) is 2.41. The molecule has 14 heavy (non-hydrogen) atoms.